The molecule has 0 amide bonds. The third-order valence-corrected chi connectivity index (χ3v) is 9.90. The SMILES string of the molecule is CC(C)Oc1cccc(CC(=O)C(=N)C[C@](CCC=N)(CCN2CCN(C3CCCCC3)CC2)c2ccc(C(F)(F)F)c(C(F)(F)F)c2)c1. The summed E-state index contributed by atoms with van der Waals surface area (Å²) in [6.07, 6.45) is -3.45. The normalized spacial score (nSPS) is 18.3. The predicted octanol–water partition coefficient (Wildman–Crippen LogP) is 8.74. The van der Waals surface area contributed by atoms with Gasteiger partial charge in [0.25, 0.3) is 0 Å². The van der Waals surface area contributed by atoms with Crippen LogP contribution < -0.4 is 4.74 Å². The Kier molecular flexibility index (Phi) is 13.1. The van der Waals surface area contributed by atoms with E-state index in [0.29, 0.717) is 36.0 Å². The van der Waals surface area contributed by atoms with E-state index in [1.807, 2.05) is 13.8 Å². The van der Waals surface area contributed by atoms with Crippen LogP contribution in [-0.2, 0) is 29.0 Å². The standard InChI is InChI=1S/C37H48F6N4O2/c1-26(2)49-30-11-6-8-27(22-30)23-34(48)33(45)25-35(14-7-16-44,28-12-13-31(36(38,39)40)32(24-28)37(41,42)43)15-17-46-18-20-47(21-19-46)29-9-4-3-5-10-29/h6,8,11-13,16,22,24,26,29,44-45H,3-5,7,9-10,14-15,17-21,23,25H2,1-2H3/t35-/m0/s1. The Balaban J connectivity index is 1.64. The lowest BCUT2D eigenvalue weighted by molar-refractivity contribution is -0.162. The van der Waals surface area contributed by atoms with Gasteiger partial charge in [-0.3, -0.25) is 9.69 Å². The molecule has 49 heavy (non-hydrogen) atoms. The Bertz CT molecular complexity index is 1430. The minimum atomic E-state index is -5.28. The van der Waals surface area contributed by atoms with Gasteiger partial charge in [0.1, 0.15) is 5.75 Å². The van der Waals surface area contributed by atoms with Crippen molar-refractivity contribution >= 4 is 17.7 Å². The molecule has 270 valence electrons. The van der Waals surface area contributed by atoms with E-state index >= 15 is 0 Å². The van der Waals surface area contributed by atoms with E-state index in [4.69, 9.17) is 15.6 Å². The third kappa shape index (κ3) is 10.6. The second-order valence-corrected chi connectivity index (χ2v) is 13.8. The van der Waals surface area contributed by atoms with E-state index in [9.17, 15) is 31.1 Å². The van der Waals surface area contributed by atoms with E-state index in [1.165, 1.54) is 32.1 Å². The molecular weight excluding hydrogens is 646 g/mol. The Hall–Kier alpha value is -3.25. The fraction of sp³-hybridized carbons (Fsp3) is 0.595. The van der Waals surface area contributed by atoms with E-state index in [0.717, 1.165) is 38.5 Å². The number of carbonyl (C=O) groups is 1. The lowest BCUT2D eigenvalue weighted by Gasteiger charge is -2.42. The maximum Gasteiger partial charge on any atom is 0.417 e. The highest BCUT2D eigenvalue weighted by atomic mass is 19.4. The lowest BCUT2D eigenvalue weighted by Crippen LogP contribution is -2.51. The van der Waals surface area contributed by atoms with Crippen LogP contribution >= 0.6 is 0 Å². The molecule has 0 radical (unpaired) electrons. The number of rotatable bonds is 15. The number of hydrogen-bond donors (Lipinski definition) is 2. The largest absolute Gasteiger partial charge is 0.491 e. The number of ketones is 1. The average molecular weight is 695 g/mol. The first-order chi connectivity index (χ1) is 23.1. The summed E-state index contributed by atoms with van der Waals surface area (Å²) in [5, 5.41) is 16.6. The first-order valence-electron chi connectivity index (χ1n) is 17.2. The van der Waals surface area contributed by atoms with Gasteiger partial charge in [-0.25, -0.2) is 0 Å². The molecule has 6 nitrogen and oxygen atoms in total. The summed E-state index contributed by atoms with van der Waals surface area (Å²) in [6.45, 7) is 7.34. The summed E-state index contributed by atoms with van der Waals surface area (Å²) >= 11 is 0. The molecule has 1 aliphatic carbocycles. The molecule has 0 bridgehead atoms. The molecule has 1 saturated carbocycles. The number of halogens is 6. The molecule has 1 heterocycles. The van der Waals surface area contributed by atoms with Crippen LogP contribution in [0.4, 0.5) is 26.3 Å². The van der Waals surface area contributed by atoms with E-state index in [1.54, 1.807) is 24.3 Å². The number of nitrogens with one attached hydrogen (secondary N) is 2. The van der Waals surface area contributed by atoms with Gasteiger partial charge in [-0.15, -0.1) is 0 Å². The average Bonchev–Trinajstić information content (AvgIpc) is 3.05. The highest BCUT2D eigenvalue weighted by Gasteiger charge is 2.45. The molecule has 1 atom stereocenters. The van der Waals surface area contributed by atoms with Crippen molar-refractivity contribution in [3.8, 4) is 5.75 Å². The molecule has 4 rings (SSSR count). The van der Waals surface area contributed by atoms with Crippen molar-refractivity contribution in [2.24, 2.45) is 0 Å². The molecule has 0 unspecified atom stereocenters. The zero-order chi connectivity index (χ0) is 35.8. The van der Waals surface area contributed by atoms with Crippen molar-refractivity contribution in [3.05, 3.63) is 64.7 Å². The van der Waals surface area contributed by atoms with Gasteiger partial charge in [0.15, 0.2) is 5.78 Å². The summed E-state index contributed by atoms with van der Waals surface area (Å²) < 4.78 is 89.5. The van der Waals surface area contributed by atoms with Gasteiger partial charge in [0, 0.05) is 50.5 Å². The monoisotopic (exact) mass is 694 g/mol. The fourth-order valence-electron chi connectivity index (χ4n) is 7.30. The number of nitrogens with zero attached hydrogens (tertiary/aromatic N) is 2. The molecule has 2 N–H and O–H groups in total. The third-order valence-electron chi connectivity index (χ3n) is 9.90. The highest BCUT2D eigenvalue weighted by Crippen LogP contribution is 2.45. The number of ether oxygens (including phenoxy) is 1. The number of Topliss-reactive ketones (excluding diaryl/α,β-unsaturated/α-hetero) is 1. The van der Waals surface area contributed by atoms with Crippen molar-refractivity contribution in [3.63, 3.8) is 0 Å². The second-order valence-electron chi connectivity index (χ2n) is 13.8. The van der Waals surface area contributed by atoms with Gasteiger partial charge >= 0.3 is 12.4 Å². The first-order valence-corrected chi connectivity index (χ1v) is 17.2. The van der Waals surface area contributed by atoms with Crippen LogP contribution in [0.3, 0.4) is 0 Å². The van der Waals surface area contributed by atoms with Gasteiger partial charge < -0.3 is 20.5 Å². The molecule has 2 aromatic rings. The zero-order valence-electron chi connectivity index (χ0n) is 28.4. The van der Waals surface area contributed by atoms with Crippen LogP contribution in [0.25, 0.3) is 0 Å². The Morgan fingerprint density at radius 1 is 0.918 bits per heavy atom. The van der Waals surface area contributed by atoms with Crippen LogP contribution in [0, 0.1) is 10.8 Å². The Labute approximate surface area is 285 Å². The number of piperazine rings is 1. The fourth-order valence-corrected chi connectivity index (χ4v) is 7.30. The zero-order valence-corrected chi connectivity index (χ0v) is 28.4. The Morgan fingerprint density at radius 3 is 2.20 bits per heavy atom. The number of benzene rings is 2. The van der Waals surface area contributed by atoms with Gasteiger partial charge in [-0.05, 0) is 94.1 Å². The maximum absolute atomic E-state index is 14.2. The van der Waals surface area contributed by atoms with Crippen LogP contribution in [0.2, 0.25) is 0 Å². The van der Waals surface area contributed by atoms with Crippen molar-refractivity contribution < 1.29 is 35.9 Å². The van der Waals surface area contributed by atoms with E-state index < -0.39 is 34.7 Å². The summed E-state index contributed by atoms with van der Waals surface area (Å²) in [4.78, 5) is 18.2. The number of carbonyl (C=O) groups excluding carboxylic acids is 1. The molecule has 2 fully saturated rings. The van der Waals surface area contributed by atoms with Gasteiger partial charge in [-0.2, -0.15) is 26.3 Å². The number of alkyl halides is 6. The minimum absolute atomic E-state index is 0.0135. The predicted molar refractivity (Wildman–Crippen MR) is 179 cm³/mol. The summed E-state index contributed by atoms with van der Waals surface area (Å²) in [7, 11) is 0. The van der Waals surface area contributed by atoms with Crippen LogP contribution in [0.15, 0.2) is 42.5 Å². The molecule has 12 heteroatoms. The molecule has 1 saturated heterocycles. The van der Waals surface area contributed by atoms with Crippen LogP contribution in [0.1, 0.15) is 93.9 Å². The number of hydrogen-bond acceptors (Lipinski definition) is 6. The molecular formula is C37H48F6N4O2. The molecule has 0 spiro atoms. The van der Waals surface area contributed by atoms with Crippen molar-refractivity contribution in [1.82, 2.24) is 9.80 Å². The minimum Gasteiger partial charge on any atom is -0.491 e. The van der Waals surface area contributed by atoms with Crippen molar-refractivity contribution in [2.45, 2.75) is 108 Å². The van der Waals surface area contributed by atoms with E-state index in [-0.39, 0.29) is 49.5 Å². The Morgan fingerprint density at radius 2 is 1.59 bits per heavy atom. The first kappa shape index (κ1) is 38.6. The van der Waals surface area contributed by atoms with E-state index in [2.05, 4.69) is 9.80 Å². The van der Waals surface area contributed by atoms with Gasteiger partial charge in [0.05, 0.1) is 22.9 Å². The van der Waals surface area contributed by atoms with Crippen molar-refractivity contribution in [2.75, 3.05) is 32.7 Å². The quantitative estimate of drug-likeness (QED) is 0.144. The maximum atomic E-state index is 14.2. The molecule has 2 aliphatic rings. The summed E-state index contributed by atoms with van der Waals surface area (Å²) in [5.41, 5.74) is -4.60. The van der Waals surface area contributed by atoms with Crippen LogP contribution in [0.5, 0.6) is 5.75 Å². The van der Waals surface area contributed by atoms with Crippen LogP contribution in [-0.4, -0.2) is 72.4 Å². The van der Waals surface area contributed by atoms with Gasteiger partial charge in [0.2, 0.25) is 0 Å². The smallest absolute Gasteiger partial charge is 0.417 e. The van der Waals surface area contributed by atoms with Crippen molar-refractivity contribution in [1.29, 1.82) is 10.8 Å². The summed E-state index contributed by atoms with van der Waals surface area (Å²) in [6, 6.07) is 9.54. The topological polar surface area (TPSA) is 80.5 Å². The molecule has 0 aromatic heterocycles. The molecule has 1 aliphatic heterocycles. The second kappa shape index (κ2) is 16.6. The molecule has 2 aromatic carbocycles. The lowest BCUT2D eigenvalue weighted by atomic mass is 9.69. The highest BCUT2D eigenvalue weighted by molar-refractivity contribution is 6.39. The summed E-state index contributed by atoms with van der Waals surface area (Å²) in [5.74, 6) is 0.0187. The van der Waals surface area contributed by atoms with Gasteiger partial charge in [-0.1, -0.05) is 37.5 Å².